The van der Waals surface area contributed by atoms with Crippen LogP contribution in [-0.2, 0) is 17.7 Å². The van der Waals surface area contributed by atoms with Crippen molar-refractivity contribution in [1.29, 1.82) is 0 Å². The van der Waals surface area contributed by atoms with Crippen LogP contribution < -0.4 is 15.4 Å². The summed E-state index contributed by atoms with van der Waals surface area (Å²) in [6.07, 6.45) is 2.52. The van der Waals surface area contributed by atoms with Gasteiger partial charge in [-0.25, -0.2) is 4.99 Å². The van der Waals surface area contributed by atoms with Crippen molar-refractivity contribution in [3.8, 4) is 5.75 Å². The zero-order valence-corrected chi connectivity index (χ0v) is 20.0. The highest BCUT2D eigenvalue weighted by Gasteiger charge is 2.09. The third kappa shape index (κ3) is 8.93. The van der Waals surface area contributed by atoms with Gasteiger partial charge in [0.05, 0.1) is 26.0 Å². The maximum atomic E-state index is 5.94. The minimum atomic E-state index is 0. The summed E-state index contributed by atoms with van der Waals surface area (Å²) in [4.78, 5) is 7.05. The van der Waals surface area contributed by atoms with Crippen molar-refractivity contribution < 1.29 is 13.9 Å². The van der Waals surface area contributed by atoms with E-state index in [1.54, 1.807) is 6.26 Å². The van der Waals surface area contributed by atoms with E-state index in [9.17, 15) is 0 Å². The van der Waals surface area contributed by atoms with Crippen LogP contribution in [0.3, 0.4) is 0 Å². The molecule has 0 bridgehead atoms. The average molecular weight is 528 g/mol. The summed E-state index contributed by atoms with van der Waals surface area (Å²) in [6, 6.07) is 12.0. The van der Waals surface area contributed by atoms with Crippen LogP contribution in [0.1, 0.15) is 18.2 Å². The molecular formula is C22H33IN4O3. The van der Waals surface area contributed by atoms with Gasteiger partial charge in [0, 0.05) is 39.1 Å². The third-order valence-electron chi connectivity index (χ3n) is 4.69. The molecule has 0 saturated carbocycles. The van der Waals surface area contributed by atoms with Crippen LogP contribution in [0.25, 0.3) is 0 Å². The van der Waals surface area contributed by atoms with Crippen molar-refractivity contribution in [1.82, 2.24) is 15.5 Å². The average Bonchev–Trinajstić information content (AvgIpc) is 3.27. The van der Waals surface area contributed by atoms with Gasteiger partial charge in [-0.05, 0) is 36.8 Å². The van der Waals surface area contributed by atoms with Crippen LogP contribution in [0.15, 0.2) is 52.1 Å². The molecule has 7 nitrogen and oxygen atoms in total. The van der Waals surface area contributed by atoms with Gasteiger partial charge in [0.25, 0.3) is 0 Å². The Labute approximate surface area is 196 Å². The molecule has 0 unspecified atom stereocenters. The molecule has 0 amide bonds. The van der Waals surface area contributed by atoms with Crippen molar-refractivity contribution >= 4 is 29.9 Å². The minimum absolute atomic E-state index is 0. The number of halogens is 1. The van der Waals surface area contributed by atoms with Crippen LogP contribution in [0.5, 0.6) is 5.75 Å². The first-order chi connectivity index (χ1) is 14.3. The van der Waals surface area contributed by atoms with E-state index in [1.165, 1.54) is 0 Å². The Kier molecular flexibility index (Phi) is 11.6. The standard InChI is InChI=1S/C22H32N4O3.HI/c1-2-23-22(24-9-8-20-7-4-13-28-20)25-18-19-5-3-6-21(17-19)29-16-12-26-10-14-27-15-11-26;/h3-7,13,17H,2,8-12,14-16,18H2,1H3,(H2,23,24,25);1H. The molecule has 0 spiro atoms. The second-order valence-corrected chi connectivity index (χ2v) is 6.90. The summed E-state index contributed by atoms with van der Waals surface area (Å²) in [5.41, 5.74) is 1.12. The number of nitrogens with zero attached hydrogens (tertiary/aromatic N) is 2. The molecule has 30 heavy (non-hydrogen) atoms. The third-order valence-corrected chi connectivity index (χ3v) is 4.69. The highest BCUT2D eigenvalue weighted by atomic mass is 127. The predicted octanol–water partition coefficient (Wildman–Crippen LogP) is 2.91. The fourth-order valence-electron chi connectivity index (χ4n) is 3.12. The normalized spacial score (nSPS) is 14.8. The second-order valence-electron chi connectivity index (χ2n) is 6.90. The van der Waals surface area contributed by atoms with Crippen molar-refractivity contribution in [3.63, 3.8) is 0 Å². The molecule has 2 heterocycles. The lowest BCUT2D eigenvalue weighted by atomic mass is 10.2. The van der Waals surface area contributed by atoms with Gasteiger partial charge in [0.15, 0.2) is 5.96 Å². The van der Waals surface area contributed by atoms with E-state index in [0.29, 0.717) is 13.2 Å². The highest BCUT2D eigenvalue weighted by molar-refractivity contribution is 14.0. The first-order valence-electron chi connectivity index (χ1n) is 10.4. The van der Waals surface area contributed by atoms with E-state index in [1.807, 2.05) is 24.3 Å². The number of benzene rings is 1. The SMILES string of the molecule is CCNC(=NCc1cccc(OCCN2CCOCC2)c1)NCCc1ccco1.I. The number of rotatable bonds is 10. The number of hydrogen-bond donors (Lipinski definition) is 2. The van der Waals surface area contributed by atoms with Gasteiger partial charge in [-0.2, -0.15) is 0 Å². The number of hydrogen-bond acceptors (Lipinski definition) is 5. The molecule has 1 aromatic heterocycles. The number of aliphatic imine (C=N–C) groups is 1. The van der Waals surface area contributed by atoms with Crippen LogP contribution >= 0.6 is 24.0 Å². The molecule has 1 saturated heterocycles. The molecule has 1 aliphatic rings. The van der Waals surface area contributed by atoms with E-state index in [-0.39, 0.29) is 24.0 Å². The van der Waals surface area contributed by atoms with E-state index >= 15 is 0 Å². The maximum absolute atomic E-state index is 5.94. The fraction of sp³-hybridized carbons (Fsp3) is 0.500. The summed E-state index contributed by atoms with van der Waals surface area (Å²) in [6.45, 7) is 9.45. The Bertz CT molecular complexity index is 734. The van der Waals surface area contributed by atoms with Gasteiger partial charge < -0.3 is 24.5 Å². The molecule has 2 aromatic rings. The summed E-state index contributed by atoms with van der Waals surface area (Å²) in [5.74, 6) is 2.66. The molecule has 0 radical (unpaired) electrons. The Morgan fingerprint density at radius 1 is 1.17 bits per heavy atom. The minimum Gasteiger partial charge on any atom is -0.492 e. The summed E-state index contributed by atoms with van der Waals surface area (Å²) < 4.78 is 16.7. The van der Waals surface area contributed by atoms with E-state index in [4.69, 9.17) is 13.9 Å². The Balaban J connectivity index is 0.00000320. The number of morpholine rings is 1. The number of ether oxygens (including phenoxy) is 2. The molecule has 0 aliphatic carbocycles. The summed E-state index contributed by atoms with van der Waals surface area (Å²) in [5, 5.41) is 6.63. The van der Waals surface area contributed by atoms with Crippen molar-refractivity contribution in [3.05, 3.63) is 54.0 Å². The maximum Gasteiger partial charge on any atom is 0.191 e. The fourth-order valence-corrected chi connectivity index (χ4v) is 3.12. The van der Waals surface area contributed by atoms with Gasteiger partial charge in [0.1, 0.15) is 18.1 Å². The first kappa shape index (κ1) is 24.5. The van der Waals surface area contributed by atoms with Gasteiger partial charge in [-0.1, -0.05) is 12.1 Å². The summed E-state index contributed by atoms with van der Waals surface area (Å²) in [7, 11) is 0. The Hall–Kier alpha value is -1.78. The first-order valence-corrected chi connectivity index (χ1v) is 10.4. The lowest BCUT2D eigenvalue weighted by Gasteiger charge is -2.26. The largest absolute Gasteiger partial charge is 0.492 e. The Morgan fingerprint density at radius 2 is 2.03 bits per heavy atom. The number of furan rings is 1. The molecule has 1 aromatic carbocycles. The summed E-state index contributed by atoms with van der Waals surface area (Å²) >= 11 is 0. The molecule has 1 aliphatic heterocycles. The zero-order chi connectivity index (χ0) is 20.2. The van der Waals surface area contributed by atoms with Crippen LogP contribution in [0.4, 0.5) is 0 Å². The van der Waals surface area contributed by atoms with E-state index < -0.39 is 0 Å². The van der Waals surface area contributed by atoms with Crippen LogP contribution in [0, 0.1) is 0 Å². The van der Waals surface area contributed by atoms with Crippen LogP contribution in [0.2, 0.25) is 0 Å². The number of guanidine groups is 1. The topological polar surface area (TPSA) is 71.3 Å². The van der Waals surface area contributed by atoms with Gasteiger partial charge in [0.2, 0.25) is 0 Å². The molecule has 166 valence electrons. The van der Waals surface area contributed by atoms with Gasteiger partial charge >= 0.3 is 0 Å². The van der Waals surface area contributed by atoms with E-state index in [2.05, 4.69) is 39.6 Å². The monoisotopic (exact) mass is 528 g/mol. The lowest BCUT2D eigenvalue weighted by molar-refractivity contribution is 0.0322. The molecule has 1 fully saturated rings. The second kappa shape index (κ2) is 14.3. The molecule has 2 N–H and O–H groups in total. The molecule has 8 heteroatoms. The van der Waals surface area contributed by atoms with E-state index in [0.717, 1.165) is 75.4 Å². The smallest absolute Gasteiger partial charge is 0.191 e. The predicted molar refractivity (Wildman–Crippen MR) is 130 cm³/mol. The molecular weight excluding hydrogens is 495 g/mol. The van der Waals surface area contributed by atoms with Crippen molar-refractivity contribution in [2.75, 3.05) is 52.5 Å². The number of nitrogens with one attached hydrogen (secondary N) is 2. The van der Waals surface area contributed by atoms with Crippen molar-refractivity contribution in [2.24, 2.45) is 4.99 Å². The quantitative estimate of drug-likeness (QED) is 0.281. The molecule has 0 atom stereocenters. The zero-order valence-electron chi connectivity index (χ0n) is 17.6. The van der Waals surface area contributed by atoms with Gasteiger partial charge in [-0.15, -0.1) is 24.0 Å². The van der Waals surface area contributed by atoms with Crippen molar-refractivity contribution in [2.45, 2.75) is 19.9 Å². The molecule has 3 rings (SSSR count). The Morgan fingerprint density at radius 3 is 2.80 bits per heavy atom. The van der Waals surface area contributed by atoms with Crippen LogP contribution in [-0.4, -0.2) is 63.4 Å². The lowest BCUT2D eigenvalue weighted by Crippen LogP contribution is -2.38. The highest BCUT2D eigenvalue weighted by Crippen LogP contribution is 2.14. The van der Waals surface area contributed by atoms with Gasteiger partial charge in [-0.3, -0.25) is 4.90 Å².